The van der Waals surface area contributed by atoms with E-state index in [2.05, 4.69) is 21.7 Å². The molecule has 0 aromatic carbocycles. The van der Waals surface area contributed by atoms with E-state index in [4.69, 9.17) is 4.74 Å². The first-order valence-corrected chi connectivity index (χ1v) is 4.10. The monoisotopic (exact) mass is 167 g/mol. The molecule has 0 amide bonds. The van der Waals surface area contributed by atoms with Crippen molar-refractivity contribution in [2.75, 3.05) is 7.11 Å². The van der Waals surface area contributed by atoms with Gasteiger partial charge < -0.3 is 4.74 Å². The molecule has 2 rings (SSSR count). The molecule has 1 aliphatic carbocycles. The van der Waals surface area contributed by atoms with Gasteiger partial charge in [-0.05, 0) is 24.5 Å². The van der Waals surface area contributed by atoms with Gasteiger partial charge in [0.1, 0.15) is 0 Å². The molecule has 1 saturated carbocycles. The molecule has 0 bridgehead atoms. The second-order valence-electron chi connectivity index (χ2n) is 2.98. The predicted octanol–water partition coefficient (Wildman–Crippen LogP) is 0.213. The van der Waals surface area contributed by atoms with Crippen LogP contribution < -0.4 is 0 Å². The van der Waals surface area contributed by atoms with Crippen LogP contribution in [0.4, 0.5) is 0 Å². The maximum Gasteiger partial charge on any atom is 0.245 e. The maximum absolute atomic E-state index is 5.31. The van der Waals surface area contributed by atoms with Gasteiger partial charge in [-0.25, -0.2) is 0 Å². The molecule has 5 heteroatoms. The summed E-state index contributed by atoms with van der Waals surface area (Å²) in [5.41, 5.74) is 0. The number of hydrogen-bond acceptors (Lipinski definition) is 4. The van der Waals surface area contributed by atoms with E-state index in [1.54, 1.807) is 11.9 Å². The molecule has 1 fully saturated rings. The van der Waals surface area contributed by atoms with Gasteiger partial charge in [0.15, 0.2) is 0 Å². The zero-order valence-corrected chi connectivity index (χ0v) is 6.97. The first-order chi connectivity index (χ1) is 5.92. The Bertz CT molecular complexity index is 236. The first-order valence-electron chi connectivity index (χ1n) is 4.10. The lowest BCUT2D eigenvalue weighted by Crippen LogP contribution is -2.22. The minimum Gasteiger partial charge on any atom is -0.379 e. The van der Waals surface area contributed by atoms with Crippen molar-refractivity contribution in [3.63, 3.8) is 0 Å². The van der Waals surface area contributed by atoms with Crippen LogP contribution in [0, 0.1) is 6.33 Å². The standard InChI is InChI=1S/C7H11N4O/c1-12-7-4-2-3-6(7)11-9-5-8-10-11/h6-7H,2-4H2,1H3. The largest absolute Gasteiger partial charge is 0.379 e. The highest BCUT2D eigenvalue weighted by atomic mass is 16.5. The highest BCUT2D eigenvalue weighted by Gasteiger charge is 2.29. The highest BCUT2D eigenvalue weighted by molar-refractivity contribution is 4.79. The molecule has 0 spiro atoms. The van der Waals surface area contributed by atoms with Crippen LogP contribution in [0.15, 0.2) is 0 Å². The van der Waals surface area contributed by atoms with Crippen LogP contribution in [0.3, 0.4) is 0 Å². The van der Waals surface area contributed by atoms with E-state index in [0.717, 1.165) is 12.8 Å². The summed E-state index contributed by atoms with van der Waals surface area (Å²) in [5.74, 6) is 0. The lowest BCUT2D eigenvalue weighted by Gasteiger charge is -2.15. The summed E-state index contributed by atoms with van der Waals surface area (Å²) in [4.78, 5) is 1.60. The lowest BCUT2D eigenvalue weighted by molar-refractivity contribution is 0.0652. The molecule has 12 heavy (non-hydrogen) atoms. The van der Waals surface area contributed by atoms with Crippen LogP contribution in [-0.4, -0.2) is 33.4 Å². The Kier molecular flexibility index (Phi) is 2.03. The Morgan fingerprint density at radius 3 is 3.08 bits per heavy atom. The van der Waals surface area contributed by atoms with Crippen LogP contribution in [0.2, 0.25) is 0 Å². The Morgan fingerprint density at radius 1 is 1.50 bits per heavy atom. The Morgan fingerprint density at radius 2 is 2.42 bits per heavy atom. The van der Waals surface area contributed by atoms with Crippen LogP contribution >= 0.6 is 0 Å². The van der Waals surface area contributed by atoms with Crippen molar-refractivity contribution < 1.29 is 4.74 Å². The van der Waals surface area contributed by atoms with Gasteiger partial charge in [-0.3, -0.25) is 0 Å². The second kappa shape index (κ2) is 3.18. The minimum atomic E-state index is 0.243. The highest BCUT2D eigenvalue weighted by Crippen LogP contribution is 2.30. The summed E-state index contributed by atoms with van der Waals surface area (Å²) in [7, 11) is 1.73. The van der Waals surface area contributed by atoms with E-state index >= 15 is 0 Å². The van der Waals surface area contributed by atoms with Gasteiger partial charge in [-0.15, -0.1) is 10.2 Å². The summed E-state index contributed by atoms with van der Waals surface area (Å²) < 4.78 is 5.31. The molecule has 0 aliphatic heterocycles. The van der Waals surface area contributed by atoms with Crippen molar-refractivity contribution in [2.45, 2.75) is 31.4 Å². The van der Waals surface area contributed by atoms with E-state index in [1.165, 1.54) is 6.42 Å². The third kappa shape index (κ3) is 1.20. The third-order valence-electron chi connectivity index (χ3n) is 2.35. The number of nitrogens with zero attached hydrogens (tertiary/aromatic N) is 4. The van der Waals surface area contributed by atoms with Gasteiger partial charge in [-0.1, -0.05) is 0 Å². The molecule has 65 valence electrons. The molecule has 2 atom stereocenters. The number of methoxy groups -OCH3 is 1. The van der Waals surface area contributed by atoms with Crippen molar-refractivity contribution >= 4 is 0 Å². The number of aromatic nitrogens is 4. The Labute approximate surface area is 70.7 Å². The van der Waals surface area contributed by atoms with Gasteiger partial charge >= 0.3 is 0 Å². The molecular weight excluding hydrogens is 156 g/mol. The Hall–Kier alpha value is -0.970. The number of rotatable bonds is 2. The van der Waals surface area contributed by atoms with Crippen molar-refractivity contribution in [1.29, 1.82) is 0 Å². The van der Waals surface area contributed by atoms with Crippen molar-refractivity contribution in [1.82, 2.24) is 20.2 Å². The molecule has 1 aliphatic rings. The van der Waals surface area contributed by atoms with Gasteiger partial charge in [0, 0.05) is 7.11 Å². The maximum atomic E-state index is 5.31. The molecule has 0 saturated heterocycles. The normalized spacial score (nSPS) is 29.4. The zero-order valence-electron chi connectivity index (χ0n) is 6.97. The van der Waals surface area contributed by atoms with E-state index in [1.807, 2.05) is 0 Å². The number of tetrazole rings is 1. The van der Waals surface area contributed by atoms with Crippen LogP contribution in [0.1, 0.15) is 25.3 Å². The Balaban J connectivity index is 2.13. The summed E-state index contributed by atoms with van der Waals surface area (Å²) in [6.45, 7) is 0. The fraction of sp³-hybridized carbons (Fsp3) is 0.857. The minimum absolute atomic E-state index is 0.243. The second-order valence-corrected chi connectivity index (χ2v) is 2.98. The summed E-state index contributed by atoms with van der Waals surface area (Å²) in [6, 6.07) is 0.258. The first kappa shape index (κ1) is 7.67. The molecule has 1 radical (unpaired) electrons. The van der Waals surface area contributed by atoms with Crippen molar-refractivity contribution in [2.24, 2.45) is 0 Å². The van der Waals surface area contributed by atoms with Crippen LogP contribution in [0.25, 0.3) is 0 Å². The van der Waals surface area contributed by atoms with Crippen molar-refractivity contribution in [3.05, 3.63) is 6.33 Å². The average molecular weight is 167 g/mol. The SMILES string of the molecule is COC1CCCC1n1n[c]nn1. The molecule has 1 aromatic rings. The lowest BCUT2D eigenvalue weighted by atomic mass is 10.2. The summed E-state index contributed by atoms with van der Waals surface area (Å²) in [6.07, 6.45) is 6.02. The van der Waals surface area contributed by atoms with Gasteiger partial charge in [-0.2, -0.15) is 4.80 Å². The molecule has 0 N–H and O–H groups in total. The van der Waals surface area contributed by atoms with Gasteiger partial charge in [0.05, 0.1) is 12.1 Å². The topological polar surface area (TPSA) is 52.8 Å². The van der Waals surface area contributed by atoms with Crippen molar-refractivity contribution in [3.8, 4) is 0 Å². The van der Waals surface area contributed by atoms with E-state index in [-0.39, 0.29) is 12.1 Å². The summed E-state index contributed by atoms with van der Waals surface area (Å²) in [5, 5.41) is 11.3. The zero-order chi connectivity index (χ0) is 8.39. The molecule has 5 nitrogen and oxygen atoms in total. The van der Waals surface area contributed by atoms with Crippen LogP contribution in [0.5, 0.6) is 0 Å². The number of hydrogen-bond donors (Lipinski definition) is 0. The molecule has 1 aromatic heterocycles. The average Bonchev–Trinajstić information content (AvgIpc) is 2.74. The van der Waals surface area contributed by atoms with Gasteiger partial charge in [0.25, 0.3) is 0 Å². The summed E-state index contributed by atoms with van der Waals surface area (Å²) >= 11 is 0. The third-order valence-corrected chi connectivity index (χ3v) is 2.35. The van der Waals surface area contributed by atoms with E-state index < -0.39 is 0 Å². The fourth-order valence-electron chi connectivity index (χ4n) is 1.74. The van der Waals surface area contributed by atoms with E-state index in [9.17, 15) is 0 Å². The molecule has 2 unspecified atom stereocenters. The van der Waals surface area contributed by atoms with Gasteiger partial charge in [0.2, 0.25) is 6.33 Å². The smallest absolute Gasteiger partial charge is 0.245 e. The predicted molar refractivity (Wildman–Crippen MR) is 40.3 cm³/mol. The van der Waals surface area contributed by atoms with E-state index in [0.29, 0.717) is 0 Å². The van der Waals surface area contributed by atoms with Crippen LogP contribution in [-0.2, 0) is 4.74 Å². The fourth-order valence-corrected chi connectivity index (χ4v) is 1.74. The quantitative estimate of drug-likeness (QED) is 0.632. The molecular formula is C7H11N4O. The number of ether oxygens (including phenoxy) is 1. The molecule has 1 heterocycles.